The van der Waals surface area contributed by atoms with Crippen molar-refractivity contribution >= 4 is 0 Å². The number of hydrogen-bond donors (Lipinski definition) is 1. The average molecular weight is 210 g/mol. The maximum absolute atomic E-state index is 3.65. The van der Waals surface area contributed by atoms with Gasteiger partial charge < -0.3 is 10.2 Å². The van der Waals surface area contributed by atoms with Gasteiger partial charge in [-0.1, -0.05) is 26.2 Å². The zero-order valence-corrected chi connectivity index (χ0v) is 10.2. The summed E-state index contributed by atoms with van der Waals surface area (Å²) in [5.74, 6) is 0.997. The first-order valence-corrected chi connectivity index (χ1v) is 6.86. The molecule has 0 aromatic heterocycles. The Kier molecular flexibility index (Phi) is 4.45. The molecule has 2 fully saturated rings. The highest BCUT2D eigenvalue weighted by molar-refractivity contribution is 4.90. The third kappa shape index (κ3) is 3.18. The van der Waals surface area contributed by atoms with Crippen LogP contribution in [0.1, 0.15) is 45.4 Å². The molecule has 0 aromatic carbocycles. The van der Waals surface area contributed by atoms with Gasteiger partial charge in [-0.25, -0.2) is 0 Å². The molecule has 0 amide bonds. The van der Waals surface area contributed by atoms with Crippen molar-refractivity contribution in [3.63, 3.8) is 0 Å². The number of nitrogens with zero attached hydrogens (tertiary/aromatic N) is 1. The SMILES string of the molecule is CCCCCCN1CC[C@H]2CCN[C@H]2C1. The lowest BCUT2D eigenvalue weighted by molar-refractivity contribution is 0.164. The van der Waals surface area contributed by atoms with E-state index in [-0.39, 0.29) is 0 Å². The normalized spacial score (nSPS) is 31.8. The lowest BCUT2D eigenvalue weighted by Crippen LogP contribution is -2.46. The zero-order chi connectivity index (χ0) is 10.5. The number of unbranched alkanes of at least 4 members (excludes halogenated alkanes) is 3. The number of rotatable bonds is 5. The lowest BCUT2D eigenvalue weighted by atomic mass is 9.92. The zero-order valence-electron chi connectivity index (χ0n) is 10.2. The van der Waals surface area contributed by atoms with Crippen molar-refractivity contribution < 1.29 is 0 Å². The summed E-state index contributed by atoms with van der Waals surface area (Å²) in [5, 5.41) is 3.65. The van der Waals surface area contributed by atoms with Gasteiger partial charge in [0.15, 0.2) is 0 Å². The van der Waals surface area contributed by atoms with E-state index in [1.165, 1.54) is 64.7 Å². The maximum Gasteiger partial charge on any atom is 0.0224 e. The van der Waals surface area contributed by atoms with Crippen LogP contribution < -0.4 is 5.32 Å². The fourth-order valence-corrected chi connectivity index (χ4v) is 3.06. The molecule has 0 radical (unpaired) electrons. The van der Waals surface area contributed by atoms with Gasteiger partial charge in [-0.2, -0.15) is 0 Å². The summed E-state index contributed by atoms with van der Waals surface area (Å²) in [4.78, 5) is 2.68. The van der Waals surface area contributed by atoms with Crippen LogP contribution >= 0.6 is 0 Å². The monoisotopic (exact) mass is 210 g/mol. The molecule has 0 bridgehead atoms. The van der Waals surface area contributed by atoms with Crippen LogP contribution in [0.3, 0.4) is 0 Å². The predicted molar refractivity (Wildman–Crippen MR) is 65.1 cm³/mol. The minimum Gasteiger partial charge on any atom is -0.312 e. The van der Waals surface area contributed by atoms with E-state index in [0.29, 0.717) is 0 Å². The van der Waals surface area contributed by atoms with E-state index in [1.807, 2.05) is 0 Å². The minimum absolute atomic E-state index is 0.824. The summed E-state index contributed by atoms with van der Waals surface area (Å²) in [5.41, 5.74) is 0. The Hall–Kier alpha value is -0.0800. The first kappa shape index (κ1) is 11.4. The van der Waals surface area contributed by atoms with Crippen LogP contribution in [0, 0.1) is 5.92 Å². The first-order chi connectivity index (χ1) is 7.40. The second-order valence-corrected chi connectivity index (χ2v) is 5.26. The van der Waals surface area contributed by atoms with Crippen LogP contribution in [0.5, 0.6) is 0 Å². The van der Waals surface area contributed by atoms with Crippen molar-refractivity contribution in [2.45, 2.75) is 51.5 Å². The number of nitrogens with one attached hydrogen (secondary N) is 1. The Bertz CT molecular complexity index is 181. The number of hydrogen-bond acceptors (Lipinski definition) is 2. The molecule has 2 nitrogen and oxygen atoms in total. The maximum atomic E-state index is 3.65. The predicted octanol–water partition coefficient (Wildman–Crippen LogP) is 2.25. The molecule has 0 unspecified atom stereocenters. The fourth-order valence-electron chi connectivity index (χ4n) is 3.06. The van der Waals surface area contributed by atoms with E-state index in [4.69, 9.17) is 0 Å². The number of piperidine rings is 1. The van der Waals surface area contributed by atoms with Crippen LogP contribution in [-0.2, 0) is 0 Å². The van der Waals surface area contributed by atoms with Crippen molar-refractivity contribution in [3.05, 3.63) is 0 Å². The van der Waals surface area contributed by atoms with Gasteiger partial charge in [0, 0.05) is 12.6 Å². The molecule has 2 heterocycles. The lowest BCUT2D eigenvalue weighted by Gasteiger charge is -2.34. The van der Waals surface area contributed by atoms with Crippen molar-refractivity contribution in [1.82, 2.24) is 10.2 Å². The smallest absolute Gasteiger partial charge is 0.0224 e. The average Bonchev–Trinajstić information content (AvgIpc) is 2.71. The summed E-state index contributed by atoms with van der Waals surface area (Å²) in [6.45, 7) is 7.56. The van der Waals surface area contributed by atoms with Crippen LogP contribution in [0.2, 0.25) is 0 Å². The molecule has 2 rings (SSSR count). The summed E-state index contributed by atoms with van der Waals surface area (Å²) in [6.07, 6.45) is 8.46. The summed E-state index contributed by atoms with van der Waals surface area (Å²) >= 11 is 0. The Morgan fingerprint density at radius 3 is 3.00 bits per heavy atom. The third-order valence-electron chi connectivity index (χ3n) is 4.09. The van der Waals surface area contributed by atoms with Gasteiger partial charge in [-0.15, -0.1) is 0 Å². The Morgan fingerprint density at radius 2 is 2.13 bits per heavy atom. The Balaban J connectivity index is 1.62. The van der Waals surface area contributed by atoms with Crippen LogP contribution in [0.4, 0.5) is 0 Å². The molecule has 2 aliphatic rings. The Morgan fingerprint density at radius 1 is 1.20 bits per heavy atom. The Labute approximate surface area is 94.4 Å². The molecule has 2 saturated heterocycles. The molecular weight excluding hydrogens is 184 g/mol. The third-order valence-corrected chi connectivity index (χ3v) is 4.09. The van der Waals surface area contributed by atoms with Gasteiger partial charge in [0.1, 0.15) is 0 Å². The second kappa shape index (κ2) is 5.86. The molecule has 2 aliphatic heterocycles. The van der Waals surface area contributed by atoms with Gasteiger partial charge in [0.25, 0.3) is 0 Å². The largest absolute Gasteiger partial charge is 0.312 e. The van der Waals surface area contributed by atoms with Crippen molar-refractivity contribution in [2.24, 2.45) is 5.92 Å². The second-order valence-electron chi connectivity index (χ2n) is 5.26. The summed E-state index contributed by atoms with van der Waals surface area (Å²) < 4.78 is 0. The van der Waals surface area contributed by atoms with Gasteiger partial charge >= 0.3 is 0 Å². The molecule has 2 heteroatoms. The molecule has 0 aliphatic carbocycles. The van der Waals surface area contributed by atoms with E-state index in [1.54, 1.807) is 0 Å². The highest BCUT2D eigenvalue weighted by Crippen LogP contribution is 2.25. The molecule has 2 atom stereocenters. The van der Waals surface area contributed by atoms with Gasteiger partial charge in [-0.3, -0.25) is 0 Å². The van der Waals surface area contributed by atoms with E-state index in [0.717, 1.165) is 12.0 Å². The molecule has 15 heavy (non-hydrogen) atoms. The van der Waals surface area contributed by atoms with Gasteiger partial charge in [0.2, 0.25) is 0 Å². The molecule has 0 spiro atoms. The van der Waals surface area contributed by atoms with E-state index >= 15 is 0 Å². The molecule has 0 aromatic rings. The standard InChI is InChI=1S/C13H26N2/c1-2-3-4-5-9-15-10-7-12-6-8-14-13(12)11-15/h12-14H,2-11H2,1H3/t12-,13+/m1/s1. The molecule has 88 valence electrons. The van der Waals surface area contributed by atoms with E-state index in [9.17, 15) is 0 Å². The molecule has 0 saturated carbocycles. The van der Waals surface area contributed by atoms with Crippen molar-refractivity contribution in [2.75, 3.05) is 26.2 Å². The van der Waals surface area contributed by atoms with E-state index in [2.05, 4.69) is 17.1 Å². The summed E-state index contributed by atoms with van der Waals surface area (Å²) in [6, 6.07) is 0.824. The highest BCUT2D eigenvalue weighted by Gasteiger charge is 2.31. The van der Waals surface area contributed by atoms with Crippen molar-refractivity contribution in [1.29, 1.82) is 0 Å². The molecule has 1 N–H and O–H groups in total. The molecular formula is C13H26N2. The fraction of sp³-hybridized carbons (Fsp3) is 1.00. The minimum atomic E-state index is 0.824. The summed E-state index contributed by atoms with van der Waals surface area (Å²) in [7, 11) is 0. The number of fused-ring (bicyclic) bond motifs is 1. The van der Waals surface area contributed by atoms with E-state index < -0.39 is 0 Å². The number of likely N-dealkylation sites (tertiary alicyclic amines) is 1. The van der Waals surface area contributed by atoms with Crippen molar-refractivity contribution in [3.8, 4) is 0 Å². The van der Waals surface area contributed by atoms with Crippen LogP contribution in [0.15, 0.2) is 0 Å². The van der Waals surface area contributed by atoms with Crippen LogP contribution in [-0.4, -0.2) is 37.1 Å². The van der Waals surface area contributed by atoms with Gasteiger partial charge in [-0.05, 0) is 44.8 Å². The quantitative estimate of drug-likeness (QED) is 0.700. The topological polar surface area (TPSA) is 15.3 Å². The van der Waals surface area contributed by atoms with Crippen LogP contribution in [0.25, 0.3) is 0 Å². The first-order valence-electron chi connectivity index (χ1n) is 6.86. The highest BCUT2D eigenvalue weighted by atomic mass is 15.2. The van der Waals surface area contributed by atoms with Gasteiger partial charge in [0.05, 0.1) is 0 Å².